The summed E-state index contributed by atoms with van der Waals surface area (Å²) < 4.78 is 4.83. The first-order valence-electron chi connectivity index (χ1n) is 7.58. The van der Waals surface area contributed by atoms with Crippen LogP contribution in [-0.4, -0.2) is 43.5 Å². The van der Waals surface area contributed by atoms with Crippen molar-refractivity contribution >= 4 is 6.03 Å². The summed E-state index contributed by atoms with van der Waals surface area (Å²) in [4.78, 5) is 12.0. The minimum atomic E-state index is -0.696. The van der Waals surface area contributed by atoms with Crippen LogP contribution in [0.15, 0.2) is 30.3 Å². The molecule has 0 aliphatic rings. The summed E-state index contributed by atoms with van der Waals surface area (Å²) in [5.41, 5.74) is 1.11. The van der Waals surface area contributed by atoms with E-state index in [1.807, 2.05) is 18.2 Å². The summed E-state index contributed by atoms with van der Waals surface area (Å²) in [6.07, 6.45) is 0.0660. The van der Waals surface area contributed by atoms with Crippen LogP contribution in [0.4, 0.5) is 4.79 Å². The zero-order valence-corrected chi connectivity index (χ0v) is 13.9. The van der Waals surface area contributed by atoms with Crippen molar-refractivity contribution in [2.45, 2.75) is 39.3 Å². The van der Waals surface area contributed by atoms with E-state index in [2.05, 4.69) is 43.5 Å². The summed E-state index contributed by atoms with van der Waals surface area (Å²) in [6.45, 7) is 6.66. The van der Waals surface area contributed by atoms with Gasteiger partial charge in [0.15, 0.2) is 0 Å². The summed E-state index contributed by atoms with van der Waals surface area (Å²) in [5, 5.41) is 15.2. The molecule has 2 atom stereocenters. The van der Waals surface area contributed by atoms with E-state index in [1.54, 1.807) is 0 Å². The summed E-state index contributed by atoms with van der Waals surface area (Å²) >= 11 is 0. The van der Waals surface area contributed by atoms with Gasteiger partial charge in [0, 0.05) is 19.7 Å². The number of aliphatic hydroxyl groups is 1. The van der Waals surface area contributed by atoms with Crippen molar-refractivity contribution in [3.8, 4) is 0 Å². The van der Waals surface area contributed by atoms with Crippen LogP contribution in [0.3, 0.4) is 0 Å². The number of benzene rings is 1. The van der Waals surface area contributed by atoms with Crippen molar-refractivity contribution in [2.24, 2.45) is 5.41 Å². The number of urea groups is 1. The number of ether oxygens (including phenoxy) is 1. The van der Waals surface area contributed by atoms with Crippen molar-refractivity contribution in [1.29, 1.82) is 0 Å². The van der Waals surface area contributed by atoms with Crippen LogP contribution in [0.5, 0.6) is 0 Å². The highest BCUT2D eigenvalue weighted by Crippen LogP contribution is 2.22. The molecule has 0 saturated heterocycles. The topological polar surface area (TPSA) is 70.6 Å². The standard InChI is InChI=1S/C17H28N2O3/c1-17(2,3)15(10-13-8-6-5-7-9-13)19-16(21)18-11-14(20)12-22-4/h5-9,14-15,20H,10-12H2,1-4H3,(H2,18,19,21). The van der Waals surface area contributed by atoms with Crippen molar-refractivity contribution in [2.75, 3.05) is 20.3 Å². The normalized spacial score (nSPS) is 14.2. The van der Waals surface area contributed by atoms with Gasteiger partial charge in [0.2, 0.25) is 0 Å². The van der Waals surface area contributed by atoms with E-state index in [0.717, 1.165) is 6.42 Å². The molecule has 0 aliphatic heterocycles. The van der Waals surface area contributed by atoms with E-state index >= 15 is 0 Å². The molecule has 22 heavy (non-hydrogen) atoms. The van der Waals surface area contributed by atoms with Gasteiger partial charge in [0.05, 0.1) is 12.7 Å². The van der Waals surface area contributed by atoms with Gasteiger partial charge in [-0.05, 0) is 17.4 Å². The van der Waals surface area contributed by atoms with Gasteiger partial charge in [-0.15, -0.1) is 0 Å². The third-order valence-electron chi connectivity index (χ3n) is 3.49. The molecule has 5 nitrogen and oxygen atoms in total. The van der Waals surface area contributed by atoms with Crippen LogP contribution < -0.4 is 10.6 Å². The van der Waals surface area contributed by atoms with Gasteiger partial charge in [0.1, 0.15) is 0 Å². The van der Waals surface area contributed by atoms with Crippen LogP contribution in [0.25, 0.3) is 0 Å². The third-order valence-corrected chi connectivity index (χ3v) is 3.49. The van der Waals surface area contributed by atoms with Crippen LogP contribution in [-0.2, 0) is 11.2 Å². The zero-order chi connectivity index (χ0) is 16.6. The molecule has 5 heteroatoms. The Morgan fingerprint density at radius 2 is 1.91 bits per heavy atom. The summed E-state index contributed by atoms with van der Waals surface area (Å²) in [7, 11) is 1.51. The first-order chi connectivity index (χ1) is 10.3. The maximum atomic E-state index is 12.0. The Hall–Kier alpha value is -1.59. The van der Waals surface area contributed by atoms with Gasteiger partial charge in [-0.25, -0.2) is 4.79 Å². The van der Waals surface area contributed by atoms with Gasteiger partial charge in [-0.1, -0.05) is 51.1 Å². The Labute approximate surface area is 133 Å². The first kappa shape index (κ1) is 18.5. The van der Waals surface area contributed by atoms with Crippen LogP contribution >= 0.6 is 0 Å². The Balaban J connectivity index is 2.56. The fraction of sp³-hybridized carbons (Fsp3) is 0.588. The van der Waals surface area contributed by atoms with Crippen molar-refractivity contribution in [1.82, 2.24) is 10.6 Å². The predicted octanol–water partition coefficient (Wildman–Crippen LogP) is 1.95. The molecule has 2 unspecified atom stereocenters. The highest BCUT2D eigenvalue weighted by molar-refractivity contribution is 5.74. The average molecular weight is 308 g/mol. The molecule has 0 bridgehead atoms. The van der Waals surface area contributed by atoms with E-state index in [0.29, 0.717) is 0 Å². The Kier molecular flexibility index (Phi) is 7.35. The molecule has 3 N–H and O–H groups in total. The number of methoxy groups -OCH3 is 1. The van der Waals surface area contributed by atoms with Crippen molar-refractivity contribution < 1.29 is 14.6 Å². The average Bonchev–Trinajstić information content (AvgIpc) is 2.45. The van der Waals surface area contributed by atoms with E-state index in [9.17, 15) is 9.90 Å². The number of nitrogens with one attached hydrogen (secondary N) is 2. The largest absolute Gasteiger partial charge is 0.389 e. The molecule has 0 spiro atoms. The second kappa shape index (κ2) is 8.76. The highest BCUT2D eigenvalue weighted by Gasteiger charge is 2.26. The van der Waals surface area contributed by atoms with E-state index < -0.39 is 6.10 Å². The predicted molar refractivity (Wildman–Crippen MR) is 87.8 cm³/mol. The van der Waals surface area contributed by atoms with Crippen molar-refractivity contribution in [3.63, 3.8) is 0 Å². The molecule has 0 aromatic heterocycles. The number of hydrogen-bond donors (Lipinski definition) is 3. The number of carbonyl (C=O) groups is 1. The molecule has 0 radical (unpaired) electrons. The maximum absolute atomic E-state index is 12.0. The van der Waals surface area contributed by atoms with Crippen LogP contribution in [0.1, 0.15) is 26.3 Å². The Morgan fingerprint density at radius 3 is 2.45 bits per heavy atom. The van der Waals surface area contributed by atoms with Gasteiger partial charge >= 0.3 is 6.03 Å². The fourth-order valence-electron chi connectivity index (χ4n) is 2.09. The van der Waals surface area contributed by atoms with Gasteiger partial charge < -0.3 is 20.5 Å². The lowest BCUT2D eigenvalue weighted by atomic mass is 9.83. The van der Waals surface area contributed by atoms with E-state index in [1.165, 1.54) is 12.7 Å². The van der Waals surface area contributed by atoms with Gasteiger partial charge in [0.25, 0.3) is 0 Å². The second-order valence-electron chi connectivity index (χ2n) is 6.57. The van der Waals surface area contributed by atoms with E-state index in [-0.39, 0.29) is 30.6 Å². The van der Waals surface area contributed by atoms with Crippen LogP contribution in [0.2, 0.25) is 0 Å². The zero-order valence-electron chi connectivity index (χ0n) is 13.9. The molecule has 0 saturated carbocycles. The number of aliphatic hydroxyl groups excluding tert-OH is 1. The minimum Gasteiger partial charge on any atom is -0.389 e. The Bertz CT molecular complexity index is 443. The molecule has 0 aliphatic carbocycles. The molecule has 0 heterocycles. The van der Waals surface area contributed by atoms with Crippen LogP contribution in [0, 0.1) is 5.41 Å². The number of rotatable bonds is 7. The fourth-order valence-corrected chi connectivity index (χ4v) is 2.09. The lowest BCUT2D eigenvalue weighted by molar-refractivity contribution is 0.0657. The highest BCUT2D eigenvalue weighted by atomic mass is 16.5. The van der Waals surface area contributed by atoms with Gasteiger partial charge in [-0.3, -0.25) is 0 Å². The maximum Gasteiger partial charge on any atom is 0.315 e. The monoisotopic (exact) mass is 308 g/mol. The molecule has 1 aromatic rings. The smallest absolute Gasteiger partial charge is 0.315 e. The lowest BCUT2D eigenvalue weighted by Crippen LogP contribution is -2.50. The molecular weight excluding hydrogens is 280 g/mol. The molecule has 2 amide bonds. The molecule has 1 rings (SSSR count). The number of hydrogen-bond acceptors (Lipinski definition) is 3. The van der Waals surface area contributed by atoms with E-state index in [4.69, 9.17) is 4.74 Å². The third kappa shape index (κ3) is 6.91. The minimum absolute atomic E-state index is 0.00512. The first-order valence-corrected chi connectivity index (χ1v) is 7.58. The summed E-state index contributed by atoms with van der Waals surface area (Å²) in [6, 6.07) is 9.81. The Morgan fingerprint density at radius 1 is 1.27 bits per heavy atom. The molecule has 0 fully saturated rings. The molecule has 1 aromatic carbocycles. The molecular formula is C17H28N2O3. The van der Waals surface area contributed by atoms with Gasteiger partial charge in [-0.2, -0.15) is 0 Å². The van der Waals surface area contributed by atoms with Crippen molar-refractivity contribution in [3.05, 3.63) is 35.9 Å². The quantitative estimate of drug-likeness (QED) is 0.721. The molecule has 124 valence electrons. The second-order valence-corrected chi connectivity index (χ2v) is 6.57. The number of amides is 2. The SMILES string of the molecule is COCC(O)CNC(=O)NC(Cc1ccccc1)C(C)(C)C. The lowest BCUT2D eigenvalue weighted by Gasteiger charge is -2.32. The number of carbonyl (C=O) groups excluding carboxylic acids is 1. The summed E-state index contributed by atoms with van der Waals surface area (Å²) in [5.74, 6) is 0.